The molecule has 1 spiro atoms. The minimum Gasteiger partial charge on any atom is -0.393 e. The van der Waals surface area contributed by atoms with Crippen LogP contribution in [0.3, 0.4) is 0 Å². The molecule has 6 fully saturated rings. The van der Waals surface area contributed by atoms with Crippen LogP contribution in [0.5, 0.6) is 0 Å². The second kappa shape index (κ2) is 7.16. The first kappa shape index (κ1) is 22.3. The van der Waals surface area contributed by atoms with Crippen molar-refractivity contribution < 1.29 is 24.8 Å². The van der Waals surface area contributed by atoms with E-state index in [4.69, 9.17) is 9.47 Å². The molecule has 5 heteroatoms. The summed E-state index contributed by atoms with van der Waals surface area (Å²) in [6.07, 6.45) is 6.22. The number of aliphatic hydroxyl groups is 3. The maximum Gasteiger partial charge on any atom is 0.171 e. The van der Waals surface area contributed by atoms with Crippen LogP contribution in [0.1, 0.15) is 79.1 Å². The molecule has 2 aliphatic heterocycles. The van der Waals surface area contributed by atoms with Gasteiger partial charge in [-0.2, -0.15) is 0 Å². The lowest BCUT2D eigenvalue weighted by Gasteiger charge is -2.62. The van der Waals surface area contributed by atoms with Crippen LogP contribution in [0.2, 0.25) is 0 Å². The fourth-order valence-corrected chi connectivity index (χ4v) is 10.3. The van der Waals surface area contributed by atoms with E-state index >= 15 is 0 Å². The van der Waals surface area contributed by atoms with Crippen molar-refractivity contribution in [1.29, 1.82) is 0 Å². The summed E-state index contributed by atoms with van der Waals surface area (Å²) in [7, 11) is 0. The van der Waals surface area contributed by atoms with Crippen molar-refractivity contribution in [3.63, 3.8) is 0 Å². The standard InChI is InChI=1S/C27H44O5/c1-14-5-8-27(31-13-14)15(2)24-23(32-27)11-18-16-9-20(28)19-10-21(29)22(30)12-26(19,4)17(16)6-7-25(18,24)3/h14-24,28-30H,5-13H2,1-4H3/t14-,15-,16?,17?,18?,19+,20+,21+,22-,23?,24?,25-,26+,27?/m0/s1. The predicted molar refractivity (Wildman–Crippen MR) is 121 cm³/mol. The largest absolute Gasteiger partial charge is 0.393 e. The van der Waals surface area contributed by atoms with Crippen molar-refractivity contribution in [2.45, 2.75) is 109 Å². The average molecular weight is 449 g/mol. The van der Waals surface area contributed by atoms with Crippen molar-refractivity contribution >= 4 is 0 Å². The maximum absolute atomic E-state index is 11.3. The van der Waals surface area contributed by atoms with Gasteiger partial charge in [0, 0.05) is 12.3 Å². The fourth-order valence-electron chi connectivity index (χ4n) is 10.3. The number of hydrogen-bond donors (Lipinski definition) is 3. The lowest BCUT2D eigenvalue weighted by atomic mass is 9.43. The molecule has 0 bridgehead atoms. The molecule has 2 heterocycles. The van der Waals surface area contributed by atoms with E-state index in [1.54, 1.807) is 0 Å². The highest BCUT2D eigenvalue weighted by Crippen LogP contribution is 2.71. The second-order valence-electron chi connectivity index (χ2n) is 13.4. The first-order valence-corrected chi connectivity index (χ1v) is 13.4. The first-order chi connectivity index (χ1) is 15.1. The van der Waals surface area contributed by atoms with Crippen LogP contribution in [0.4, 0.5) is 0 Å². The molecule has 0 amide bonds. The molecule has 0 aromatic heterocycles. The van der Waals surface area contributed by atoms with E-state index in [1.165, 1.54) is 19.3 Å². The molecule has 5 nitrogen and oxygen atoms in total. The molecule has 32 heavy (non-hydrogen) atoms. The Morgan fingerprint density at radius 3 is 2.28 bits per heavy atom. The molecule has 4 saturated carbocycles. The van der Waals surface area contributed by atoms with Crippen molar-refractivity contribution in [3.8, 4) is 0 Å². The van der Waals surface area contributed by atoms with Gasteiger partial charge in [0.25, 0.3) is 0 Å². The molecule has 0 aromatic rings. The quantitative estimate of drug-likeness (QED) is 0.526. The molecular weight excluding hydrogens is 404 g/mol. The third kappa shape index (κ3) is 2.81. The molecule has 182 valence electrons. The van der Waals surface area contributed by atoms with E-state index in [-0.39, 0.29) is 34.7 Å². The van der Waals surface area contributed by atoms with E-state index in [0.29, 0.717) is 48.3 Å². The summed E-state index contributed by atoms with van der Waals surface area (Å²) < 4.78 is 13.3. The molecule has 0 radical (unpaired) electrons. The Balaban J connectivity index is 1.28. The monoisotopic (exact) mass is 448 g/mol. The molecule has 6 aliphatic rings. The van der Waals surface area contributed by atoms with Crippen LogP contribution in [0, 0.1) is 52.3 Å². The van der Waals surface area contributed by atoms with E-state index in [0.717, 1.165) is 25.9 Å². The van der Waals surface area contributed by atoms with Gasteiger partial charge in [0.15, 0.2) is 5.79 Å². The summed E-state index contributed by atoms with van der Waals surface area (Å²) in [5, 5.41) is 32.1. The highest BCUT2D eigenvalue weighted by molar-refractivity contribution is 5.16. The maximum atomic E-state index is 11.3. The van der Waals surface area contributed by atoms with E-state index in [2.05, 4.69) is 27.7 Å². The second-order valence-corrected chi connectivity index (χ2v) is 13.4. The Kier molecular flexibility index (Phi) is 4.99. The van der Waals surface area contributed by atoms with Gasteiger partial charge >= 0.3 is 0 Å². The number of hydrogen-bond acceptors (Lipinski definition) is 5. The molecule has 2 saturated heterocycles. The Morgan fingerprint density at radius 2 is 1.56 bits per heavy atom. The lowest BCUT2D eigenvalue weighted by molar-refractivity contribution is -0.273. The highest BCUT2D eigenvalue weighted by atomic mass is 16.7. The number of aliphatic hydroxyl groups excluding tert-OH is 3. The zero-order valence-corrected chi connectivity index (χ0v) is 20.4. The Labute approximate surface area is 193 Å². The summed E-state index contributed by atoms with van der Waals surface area (Å²) in [4.78, 5) is 0. The van der Waals surface area contributed by atoms with Gasteiger partial charge in [0.2, 0.25) is 0 Å². The molecule has 6 rings (SSSR count). The van der Waals surface area contributed by atoms with Crippen molar-refractivity contribution in [2.24, 2.45) is 52.3 Å². The third-order valence-electron chi connectivity index (χ3n) is 12.0. The summed E-state index contributed by atoms with van der Waals surface area (Å²) in [5.74, 6) is 2.86. The van der Waals surface area contributed by atoms with Crippen LogP contribution >= 0.6 is 0 Å². The van der Waals surface area contributed by atoms with Crippen LogP contribution in [0.25, 0.3) is 0 Å². The third-order valence-corrected chi connectivity index (χ3v) is 12.0. The van der Waals surface area contributed by atoms with Crippen molar-refractivity contribution in [2.75, 3.05) is 6.61 Å². The summed E-state index contributed by atoms with van der Waals surface area (Å²) >= 11 is 0. The summed E-state index contributed by atoms with van der Waals surface area (Å²) in [6, 6.07) is 0. The number of rotatable bonds is 0. The van der Waals surface area contributed by atoms with E-state index < -0.39 is 12.2 Å². The van der Waals surface area contributed by atoms with E-state index in [1.807, 2.05) is 0 Å². The molecule has 0 aromatic carbocycles. The average Bonchev–Trinajstić information content (AvgIpc) is 3.18. The topological polar surface area (TPSA) is 79.2 Å². The van der Waals surface area contributed by atoms with Gasteiger partial charge in [-0.1, -0.05) is 27.7 Å². The van der Waals surface area contributed by atoms with Gasteiger partial charge in [-0.05, 0) is 91.3 Å². The van der Waals surface area contributed by atoms with Crippen LogP contribution in [-0.2, 0) is 9.47 Å². The minimum atomic E-state index is -0.692. The summed E-state index contributed by atoms with van der Waals surface area (Å²) in [5.41, 5.74) is 0.146. The first-order valence-electron chi connectivity index (χ1n) is 13.4. The molecule has 4 aliphatic carbocycles. The van der Waals surface area contributed by atoms with Gasteiger partial charge in [0.05, 0.1) is 31.0 Å². The van der Waals surface area contributed by atoms with Crippen LogP contribution < -0.4 is 0 Å². The number of ether oxygens (including phenoxy) is 2. The van der Waals surface area contributed by atoms with Crippen molar-refractivity contribution in [3.05, 3.63) is 0 Å². The normalized spacial score (nSPS) is 64.0. The molecular formula is C27H44O5. The smallest absolute Gasteiger partial charge is 0.171 e. The highest BCUT2D eigenvalue weighted by Gasteiger charge is 2.70. The van der Waals surface area contributed by atoms with Gasteiger partial charge in [-0.15, -0.1) is 0 Å². The Bertz CT molecular complexity index is 748. The SMILES string of the molecule is C[C@H]1CCC2(OC1)OC1CC3C4C[C@@H](O)[C@H]5C[C@@H](O)[C@@H](O)C[C@]5(C)C4CC[C@]3(C)C1[C@@H]2C. The van der Waals surface area contributed by atoms with Gasteiger partial charge in [-0.25, -0.2) is 0 Å². The lowest BCUT2D eigenvalue weighted by Crippen LogP contribution is -2.61. The molecule has 6 unspecified atom stereocenters. The minimum absolute atomic E-state index is 0.0870. The van der Waals surface area contributed by atoms with E-state index in [9.17, 15) is 15.3 Å². The van der Waals surface area contributed by atoms with Gasteiger partial charge in [0.1, 0.15) is 0 Å². The van der Waals surface area contributed by atoms with Gasteiger partial charge in [-0.3, -0.25) is 0 Å². The van der Waals surface area contributed by atoms with Gasteiger partial charge < -0.3 is 24.8 Å². The zero-order chi connectivity index (χ0) is 22.6. The molecule has 14 atom stereocenters. The Hall–Kier alpha value is -0.200. The van der Waals surface area contributed by atoms with Crippen molar-refractivity contribution in [1.82, 2.24) is 0 Å². The van der Waals surface area contributed by atoms with Crippen LogP contribution in [-0.4, -0.2) is 52.1 Å². The van der Waals surface area contributed by atoms with Crippen LogP contribution in [0.15, 0.2) is 0 Å². The Morgan fingerprint density at radius 1 is 0.781 bits per heavy atom. The zero-order valence-electron chi connectivity index (χ0n) is 20.4. The molecule has 3 N–H and O–H groups in total. The fraction of sp³-hybridized carbons (Fsp3) is 1.00. The summed E-state index contributed by atoms with van der Waals surface area (Å²) in [6.45, 7) is 10.3. The number of fused-ring (bicyclic) bond motifs is 7. The predicted octanol–water partition coefficient (Wildman–Crippen LogP) is 3.74.